The molecule has 106 valence electrons. The summed E-state index contributed by atoms with van der Waals surface area (Å²) in [5.74, 6) is -0.0171. The highest BCUT2D eigenvalue weighted by Crippen LogP contribution is 2.07. The van der Waals surface area contributed by atoms with E-state index in [1.54, 1.807) is 0 Å². The van der Waals surface area contributed by atoms with Gasteiger partial charge in [0.05, 0.1) is 32.5 Å². The molecule has 1 heterocycles. The van der Waals surface area contributed by atoms with Crippen molar-refractivity contribution in [1.29, 1.82) is 0 Å². The Morgan fingerprint density at radius 3 is 2.78 bits per heavy atom. The number of hydrogen-bond donors (Lipinski definition) is 3. The molecular weight excluding hydrogens is 236 g/mol. The van der Waals surface area contributed by atoms with Crippen LogP contribution in [0.15, 0.2) is 0 Å². The van der Waals surface area contributed by atoms with E-state index in [0.717, 1.165) is 25.9 Å². The number of carbonyl (C=O) groups excluding carboxylic acids is 1. The molecule has 0 aromatic heterocycles. The van der Waals surface area contributed by atoms with E-state index in [4.69, 9.17) is 14.6 Å². The average molecular weight is 260 g/mol. The zero-order chi connectivity index (χ0) is 13.1. The van der Waals surface area contributed by atoms with E-state index in [-0.39, 0.29) is 12.5 Å². The van der Waals surface area contributed by atoms with Crippen molar-refractivity contribution in [3.63, 3.8) is 0 Å². The first-order chi connectivity index (χ1) is 8.83. The SMILES string of the molecule is O=C(CCOC1CCNCC1)NCCOCCO. The number of hydrogen-bond acceptors (Lipinski definition) is 5. The Bertz CT molecular complexity index is 220. The second kappa shape index (κ2) is 10.3. The van der Waals surface area contributed by atoms with Gasteiger partial charge in [-0.1, -0.05) is 0 Å². The van der Waals surface area contributed by atoms with Crippen molar-refractivity contribution in [1.82, 2.24) is 10.6 Å². The van der Waals surface area contributed by atoms with Crippen molar-refractivity contribution < 1.29 is 19.4 Å². The molecule has 1 aliphatic heterocycles. The zero-order valence-corrected chi connectivity index (χ0v) is 10.8. The van der Waals surface area contributed by atoms with Crippen molar-refractivity contribution in [2.45, 2.75) is 25.4 Å². The number of nitrogens with one attached hydrogen (secondary N) is 2. The van der Waals surface area contributed by atoms with E-state index in [2.05, 4.69) is 10.6 Å². The lowest BCUT2D eigenvalue weighted by molar-refractivity contribution is -0.123. The molecule has 3 N–H and O–H groups in total. The highest BCUT2D eigenvalue weighted by atomic mass is 16.5. The minimum atomic E-state index is -0.0171. The van der Waals surface area contributed by atoms with Gasteiger partial charge < -0.3 is 25.2 Å². The van der Waals surface area contributed by atoms with E-state index < -0.39 is 0 Å². The number of ether oxygens (including phenoxy) is 2. The fourth-order valence-corrected chi connectivity index (χ4v) is 1.80. The summed E-state index contributed by atoms with van der Waals surface area (Å²) in [4.78, 5) is 11.4. The average Bonchev–Trinajstić information content (AvgIpc) is 2.40. The van der Waals surface area contributed by atoms with Crippen LogP contribution in [-0.4, -0.2) is 63.2 Å². The van der Waals surface area contributed by atoms with Crippen LogP contribution in [0.1, 0.15) is 19.3 Å². The van der Waals surface area contributed by atoms with Crippen molar-refractivity contribution in [2.75, 3.05) is 46.1 Å². The van der Waals surface area contributed by atoms with Crippen LogP contribution in [0.25, 0.3) is 0 Å². The highest BCUT2D eigenvalue weighted by Gasteiger charge is 2.13. The van der Waals surface area contributed by atoms with Crippen LogP contribution in [0, 0.1) is 0 Å². The Balaban J connectivity index is 1.89. The number of rotatable bonds is 9. The standard InChI is InChI=1S/C12H24N2O4/c15-7-10-17-9-6-14-12(16)3-8-18-11-1-4-13-5-2-11/h11,13,15H,1-10H2,(H,14,16). The largest absolute Gasteiger partial charge is 0.394 e. The molecule has 0 bridgehead atoms. The van der Waals surface area contributed by atoms with Gasteiger partial charge in [0.15, 0.2) is 0 Å². The molecular formula is C12H24N2O4. The van der Waals surface area contributed by atoms with E-state index in [1.807, 2.05) is 0 Å². The van der Waals surface area contributed by atoms with Crippen molar-refractivity contribution >= 4 is 5.91 Å². The summed E-state index contributed by atoms with van der Waals surface area (Å²) >= 11 is 0. The van der Waals surface area contributed by atoms with Crippen LogP contribution in [0.3, 0.4) is 0 Å². The van der Waals surface area contributed by atoms with Gasteiger partial charge in [0.2, 0.25) is 5.91 Å². The van der Waals surface area contributed by atoms with Gasteiger partial charge in [-0.25, -0.2) is 0 Å². The van der Waals surface area contributed by atoms with Gasteiger partial charge in [0, 0.05) is 13.0 Å². The van der Waals surface area contributed by atoms with Gasteiger partial charge in [-0.3, -0.25) is 4.79 Å². The molecule has 1 fully saturated rings. The van der Waals surface area contributed by atoms with Gasteiger partial charge >= 0.3 is 0 Å². The first-order valence-electron chi connectivity index (χ1n) is 6.60. The van der Waals surface area contributed by atoms with Crippen LogP contribution in [-0.2, 0) is 14.3 Å². The summed E-state index contributed by atoms with van der Waals surface area (Å²) in [5.41, 5.74) is 0. The molecule has 1 rings (SSSR count). The lowest BCUT2D eigenvalue weighted by Crippen LogP contribution is -2.33. The fraction of sp³-hybridized carbons (Fsp3) is 0.917. The number of aliphatic hydroxyl groups is 1. The van der Waals surface area contributed by atoms with Crippen molar-refractivity contribution in [2.24, 2.45) is 0 Å². The molecule has 6 heteroatoms. The Hall–Kier alpha value is -0.690. The normalized spacial score (nSPS) is 16.7. The summed E-state index contributed by atoms with van der Waals surface area (Å²) < 4.78 is 10.7. The molecule has 0 radical (unpaired) electrons. The molecule has 0 aromatic carbocycles. The molecule has 18 heavy (non-hydrogen) atoms. The Kier molecular flexibility index (Phi) is 8.75. The molecule has 0 unspecified atom stereocenters. The molecule has 0 aromatic rings. The maximum Gasteiger partial charge on any atom is 0.222 e. The number of aliphatic hydroxyl groups excluding tert-OH is 1. The van der Waals surface area contributed by atoms with Crippen LogP contribution in [0.4, 0.5) is 0 Å². The Morgan fingerprint density at radius 1 is 1.28 bits per heavy atom. The Labute approximate surface area is 108 Å². The molecule has 1 amide bonds. The summed E-state index contributed by atoms with van der Waals surface area (Å²) in [6, 6.07) is 0. The van der Waals surface area contributed by atoms with E-state index in [1.165, 1.54) is 0 Å². The highest BCUT2D eigenvalue weighted by molar-refractivity contribution is 5.75. The molecule has 1 aliphatic rings. The minimum absolute atomic E-state index is 0.0119. The smallest absolute Gasteiger partial charge is 0.222 e. The van der Waals surface area contributed by atoms with Gasteiger partial charge in [-0.15, -0.1) is 0 Å². The molecule has 6 nitrogen and oxygen atoms in total. The van der Waals surface area contributed by atoms with Gasteiger partial charge in [-0.05, 0) is 25.9 Å². The Morgan fingerprint density at radius 2 is 2.06 bits per heavy atom. The van der Waals surface area contributed by atoms with Crippen LogP contribution in [0.2, 0.25) is 0 Å². The molecule has 0 atom stereocenters. The number of carbonyl (C=O) groups is 1. The quantitative estimate of drug-likeness (QED) is 0.476. The summed E-state index contributed by atoms with van der Waals surface area (Å²) in [7, 11) is 0. The first-order valence-corrected chi connectivity index (χ1v) is 6.60. The second-order valence-electron chi connectivity index (χ2n) is 4.26. The minimum Gasteiger partial charge on any atom is -0.394 e. The van der Waals surface area contributed by atoms with E-state index >= 15 is 0 Å². The van der Waals surface area contributed by atoms with Crippen LogP contribution >= 0.6 is 0 Å². The predicted molar refractivity (Wildman–Crippen MR) is 67.4 cm³/mol. The maximum atomic E-state index is 11.4. The second-order valence-corrected chi connectivity index (χ2v) is 4.26. The molecule has 0 aliphatic carbocycles. The third-order valence-corrected chi connectivity index (χ3v) is 2.77. The zero-order valence-electron chi connectivity index (χ0n) is 10.8. The topological polar surface area (TPSA) is 79.8 Å². The number of amides is 1. The van der Waals surface area contributed by atoms with Crippen LogP contribution in [0.5, 0.6) is 0 Å². The van der Waals surface area contributed by atoms with Crippen molar-refractivity contribution in [3.8, 4) is 0 Å². The lowest BCUT2D eigenvalue weighted by atomic mass is 10.1. The van der Waals surface area contributed by atoms with Gasteiger partial charge in [0.25, 0.3) is 0 Å². The third kappa shape index (κ3) is 7.60. The lowest BCUT2D eigenvalue weighted by Gasteiger charge is -2.22. The third-order valence-electron chi connectivity index (χ3n) is 2.77. The van der Waals surface area contributed by atoms with Crippen LogP contribution < -0.4 is 10.6 Å². The van der Waals surface area contributed by atoms with E-state index in [9.17, 15) is 4.79 Å². The first kappa shape index (κ1) is 15.4. The number of piperidine rings is 1. The van der Waals surface area contributed by atoms with Crippen molar-refractivity contribution in [3.05, 3.63) is 0 Å². The molecule has 1 saturated heterocycles. The summed E-state index contributed by atoms with van der Waals surface area (Å²) in [6.45, 7) is 3.71. The summed E-state index contributed by atoms with van der Waals surface area (Å²) in [6.07, 6.45) is 2.74. The molecule has 0 spiro atoms. The maximum absolute atomic E-state index is 11.4. The summed E-state index contributed by atoms with van der Waals surface area (Å²) in [5, 5.41) is 14.5. The van der Waals surface area contributed by atoms with Gasteiger partial charge in [-0.2, -0.15) is 0 Å². The monoisotopic (exact) mass is 260 g/mol. The van der Waals surface area contributed by atoms with E-state index in [0.29, 0.717) is 38.9 Å². The molecule has 0 saturated carbocycles. The fourth-order valence-electron chi connectivity index (χ4n) is 1.80. The van der Waals surface area contributed by atoms with Gasteiger partial charge in [0.1, 0.15) is 0 Å². The predicted octanol–water partition coefficient (Wildman–Crippen LogP) is -0.730.